The van der Waals surface area contributed by atoms with Gasteiger partial charge in [0.25, 0.3) is 5.91 Å². The third-order valence-electron chi connectivity index (χ3n) is 4.21. The second kappa shape index (κ2) is 8.85. The lowest BCUT2D eigenvalue weighted by Crippen LogP contribution is -2.21. The highest BCUT2D eigenvalue weighted by Crippen LogP contribution is 2.24. The van der Waals surface area contributed by atoms with E-state index in [1.165, 1.54) is 5.56 Å². The van der Waals surface area contributed by atoms with Crippen molar-refractivity contribution in [3.05, 3.63) is 88.9 Å². The van der Waals surface area contributed by atoms with Gasteiger partial charge in [-0.1, -0.05) is 67.9 Å². The molecule has 0 saturated carbocycles. The molecular weight excluding hydrogens is 356 g/mol. The van der Waals surface area contributed by atoms with E-state index < -0.39 is 0 Å². The van der Waals surface area contributed by atoms with Crippen LogP contribution in [0.2, 0.25) is 5.02 Å². The zero-order valence-corrected chi connectivity index (χ0v) is 16.3. The third-order valence-corrected chi connectivity index (χ3v) is 4.44. The summed E-state index contributed by atoms with van der Waals surface area (Å²) < 4.78 is 0. The first kappa shape index (κ1) is 19.2. The molecule has 0 heterocycles. The van der Waals surface area contributed by atoms with E-state index in [2.05, 4.69) is 48.7 Å². The van der Waals surface area contributed by atoms with Crippen LogP contribution in [0.25, 0.3) is 11.1 Å². The average Bonchev–Trinajstić information content (AvgIpc) is 2.67. The Kier molecular flexibility index (Phi) is 6.28. The topological polar surface area (TPSA) is 41.1 Å². The van der Waals surface area contributed by atoms with E-state index in [9.17, 15) is 4.79 Å². The molecule has 3 rings (SSSR count). The molecule has 3 aromatic rings. The van der Waals surface area contributed by atoms with E-state index >= 15 is 0 Å². The van der Waals surface area contributed by atoms with E-state index in [1.807, 2.05) is 24.3 Å². The van der Waals surface area contributed by atoms with Gasteiger partial charge in [-0.15, -0.1) is 0 Å². The predicted octanol–water partition coefficient (Wildman–Crippen LogP) is 5.76. The van der Waals surface area contributed by atoms with Gasteiger partial charge >= 0.3 is 0 Å². The second-order valence-electron chi connectivity index (χ2n) is 6.78. The van der Waals surface area contributed by atoms with Gasteiger partial charge < -0.3 is 10.6 Å². The minimum atomic E-state index is -0.176. The van der Waals surface area contributed by atoms with Crippen molar-refractivity contribution in [2.24, 2.45) is 0 Å². The highest BCUT2D eigenvalue weighted by atomic mass is 35.5. The smallest absolute Gasteiger partial charge is 0.255 e. The Hall–Kier alpha value is -2.62. The van der Waals surface area contributed by atoms with Crippen molar-refractivity contribution in [2.45, 2.75) is 26.4 Å². The molecule has 0 aliphatic carbocycles. The zero-order chi connectivity index (χ0) is 19.2. The van der Waals surface area contributed by atoms with Crippen molar-refractivity contribution < 1.29 is 4.79 Å². The molecule has 0 fully saturated rings. The molecule has 0 radical (unpaired) electrons. The Morgan fingerprint density at radius 3 is 2.37 bits per heavy atom. The van der Waals surface area contributed by atoms with Crippen molar-refractivity contribution in [1.29, 1.82) is 0 Å². The number of hydrogen-bond donors (Lipinski definition) is 2. The van der Waals surface area contributed by atoms with Crippen molar-refractivity contribution in [3.63, 3.8) is 0 Å². The van der Waals surface area contributed by atoms with Gasteiger partial charge in [-0.3, -0.25) is 4.79 Å². The maximum Gasteiger partial charge on any atom is 0.255 e. The molecule has 1 amide bonds. The first-order valence-electron chi connectivity index (χ1n) is 9.01. The van der Waals surface area contributed by atoms with Crippen LogP contribution in [0, 0.1) is 0 Å². The van der Waals surface area contributed by atoms with Crippen LogP contribution in [0.3, 0.4) is 0 Å². The normalized spacial score (nSPS) is 10.8. The molecule has 2 N–H and O–H groups in total. The Balaban J connectivity index is 1.72. The summed E-state index contributed by atoms with van der Waals surface area (Å²) in [4.78, 5) is 12.4. The van der Waals surface area contributed by atoms with Gasteiger partial charge in [0.2, 0.25) is 0 Å². The first-order chi connectivity index (χ1) is 13.0. The summed E-state index contributed by atoms with van der Waals surface area (Å²) in [5.41, 5.74) is 4.71. The lowest BCUT2D eigenvalue weighted by Gasteiger charge is -2.10. The second-order valence-corrected chi connectivity index (χ2v) is 7.21. The number of benzene rings is 3. The summed E-state index contributed by atoms with van der Waals surface area (Å²) in [5.74, 6) is -0.176. The fourth-order valence-corrected chi connectivity index (χ4v) is 2.94. The van der Waals surface area contributed by atoms with Crippen LogP contribution in [0.1, 0.15) is 29.8 Å². The van der Waals surface area contributed by atoms with Crippen LogP contribution < -0.4 is 10.6 Å². The molecule has 138 valence electrons. The lowest BCUT2D eigenvalue weighted by atomic mass is 10.0. The summed E-state index contributed by atoms with van der Waals surface area (Å²) in [6, 6.07) is 23.7. The highest BCUT2D eigenvalue weighted by molar-refractivity contribution is 6.31. The maximum absolute atomic E-state index is 12.4. The SMILES string of the molecule is CC(C)NCc1ccc(-c2cccc(NC(=O)c3cccc(Cl)c3)c2)cc1. The molecule has 0 unspecified atom stereocenters. The van der Waals surface area contributed by atoms with E-state index in [0.29, 0.717) is 16.6 Å². The van der Waals surface area contributed by atoms with Gasteiger partial charge in [-0.2, -0.15) is 0 Å². The van der Waals surface area contributed by atoms with Crippen LogP contribution in [0.15, 0.2) is 72.8 Å². The predicted molar refractivity (Wildman–Crippen MR) is 113 cm³/mol. The highest BCUT2D eigenvalue weighted by Gasteiger charge is 2.07. The van der Waals surface area contributed by atoms with Crippen molar-refractivity contribution in [1.82, 2.24) is 5.32 Å². The Labute approximate surface area is 165 Å². The van der Waals surface area contributed by atoms with Crippen LogP contribution in [-0.4, -0.2) is 11.9 Å². The van der Waals surface area contributed by atoms with E-state index in [0.717, 1.165) is 23.4 Å². The number of carbonyl (C=O) groups excluding carboxylic acids is 1. The molecule has 4 heteroatoms. The monoisotopic (exact) mass is 378 g/mol. The van der Waals surface area contributed by atoms with Crippen molar-refractivity contribution in [2.75, 3.05) is 5.32 Å². The zero-order valence-electron chi connectivity index (χ0n) is 15.5. The number of rotatable bonds is 6. The number of anilines is 1. The van der Waals surface area contributed by atoms with Crippen molar-refractivity contribution >= 4 is 23.2 Å². The number of carbonyl (C=O) groups is 1. The lowest BCUT2D eigenvalue weighted by molar-refractivity contribution is 0.102. The summed E-state index contributed by atoms with van der Waals surface area (Å²) in [5, 5.41) is 6.89. The fraction of sp³-hybridized carbons (Fsp3) is 0.174. The van der Waals surface area contributed by atoms with Crippen LogP contribution in [0.5, 0.6) is 0 Å². The van der Waals surface area contributed by atoms with Gasteiger partial charge in [0.05, 0.1) is 0 Å². The largest absolute Gasteiger partial charge is 0.322 e. The van der Waals surface area contributed by atoms with Gasteiger partial charge in [-0.25, -0.2) is 0 Å². The molecule has 0 spiro atoms. The van der Waals surface area contributed by atoms with Crippen molar-refractivity contribution in [3.8, 4) is 11.1 Å². The van der Waals surface area contributed by atoms with E-state index in [-0.39, 0.29) is 5.91 Å². The molecule has 0 atom stereocenters. The van der Waals surface area contributed by atoms with Crippen LogP contribution >= 0.6 is 11.6 Å². The van der Waals surface area contributed by atoms with Crippen LogP contribution in [0.4, 0.5) is 5.69 Å². The summed E-state index contributed by atoms with van der Waals surface area (Å²) in [6.07, 6.45) is 0. The Morgan fingerprint density at radius 1 is 0.926 bits per heavy atom. The molecule has 0 saturated heterocycles. The number of hydrogen-bond acceptors (Lipinski definition) is 2. The molecule has 0 bridgehead atoms. The number of halogens is 1. The van der Waals surface area contributed by atoms with E-state index in [4.69, 9.17) is 11.6 Å². The molecule has 27 heavy (non-hydrogen) atoms. The summed E-state index contributed by atoms with van der Waals surface area (Å²) in [6.45, 7) is 5.13. The molecule has 0 aromatic heterocycles. The fourth-order valence-electron chi connectivity index (χ4n) is 2.75. The minimum Gasteiger partial charge on any atom is -0.322 e. The number of amides is 1. The first-order valence-corrected chi connectivity index (χ1v) is 9.39. The average molecular weight is 379 g/mol. The van der Waals surface area contributed by atoms with Crippen LogP contribution in [-0.2, 0) is 6.54 Å². The molecule has 3 nitrogen and oxygen atoms in total. The number of nitrogens with one attached hydrogen (secondary N) is 2. The molecule has 0 aliphatic heterocycles. The Bertz CT molecular complexity index is 920. The standard InChI is InChI=1S/C23H23ClN2O/c1-16(2)25-15-17-9-11-18(12-10-17)19-5-4-8-22(14-19)26-23(27)20-6-3-7-21(24)13-20/h3-14,16,25H,15H2,1-2H3,(H,26,27). The van der Waals surface area contributed by atoms with E-state index in [1.54, 1.807) is 24.3 Å². The quantitative estimate of drug-likeness (QED) is 0.572. The van der Waals surface area contributed by atoms with Gasteiger partial charge in [0.1, 0.15) is 0 Å². The van der Waals surface area contributed by atoms with Gasteiger partial charge in [-0.05, 0) is 47.0 Å². The maximum atomic E-state index is 12.4. The van der Waals surface area contributed by atoms with Gasteiger partial charge in [0.15, 0.2) is 0 Å². The molecule has 0 aliphatic rings. The molecule has 3 aromatic carbocycles. The van der Waals surface area contributed by atoms with Gasteiger partial charge in [0, 0.05) is 28.9 Å². The molecular formula is C23H23ClN2O. The summed E-state index contributed by atoms with van der Waals surface area (Å²) in [7, 11) is 0. The Morgan fingerprint density at radius 2 is 1.67 bits per heavy atom. The minimum absolute atomic E-state index is 0.176. The third kappa shape index (κ3) is 5.43. The summed E-state index contributed by atoms with van der Waals surface area (Å²) >= 11 is 5.97.